The molecule has 0 aliphatic carbocycles. The minimum atomic E-state index is 0.514. The van der Waals surface area contributed by atoms with Crippen LogP contribution < -0.4 is 15.1 Å². The molecule has 0 aromatic heterocycles. The van der Waals surface area contributed by atoms with Gasteiger partial charge < -0.3 is 10.2 Å². The molecule has 1 amide bonds. The highest BCUT2D eigenvalue weighted by molar-refractivity contribution is 5.83. The minimum absolute atomic E-state index is 0.514. The van der Waals surface area contributed by atoms with Crippen LogP contribution in [-0.4, -0.2) is 33.7 Å². The number of hydrogen-bond donors (Lipinski definition) is 1. The summed E-state index contributed by atoms with van der Waals surface area (Å²) in [5.74, 6) is 0. The van der Waals surface area contributed by atoms with E-state index < -0.39 is 0 Å². The fourth-order valence-electron chi connectivity index (χ4n) is 1.84. The molecule has 1 rings (SSSR count). The maximum absolute atomic E-state index is 11.1. The number of carbonyl (C=O) groups excluding carboxylic acids is 1. The first-order chi connectivity index (χ1) is 8.24. The van der Waals surface area contributed by atoms with Gasteiger partial charge in [0.25, 0.3) is 0 Å². The fourth-order valence-corrected chi connectivity index (χ4v) is 1.84. The molecule has 0 bridgehead atoms. The molecular weight excluding hydrogens is 214 g/mol. The maximum atomic E-state index is 11.1. The van der Waals surface area contributed by atoms with Crippen molar-refractivity contribution in [1.29, 1.82) is 0 Å². The van der Waals surface area contributed by atoms with E-state index in [-0.39, 0.29) is 0 Å². The minimum Gasteiger partial charge on any atom is -0.373 e. The molecule has 17 heavy (non-hydrogen) atoms. The Hall–Kier alpha value is -1.55. The fraction of sp³-hybridized carbons (Fsp3) is 0.462. The van der Waals surface area contributed by atoms with Gasteiger partial charge in [0.2, 0.25) is 6.41 Å². The summed E-state index contributed by atoms with van der Waals surface area (Å²) < 4.78 is 0. The Morgan fingerprint density at radius 1 is 1.29 bits per heavy atom. The van der Waals surface area contributed by atoms with E-state index in [0.29, 0.717) is 6.67 Å². The topological polar surface area (TPSA) is 35.6 Å². The van der Waals surface area contributed by atoms with Gasteiger partial charge in [0.05, 0.1) is 18.0 Å². The third-order valence-electron chi connectivity index (χ3n) is 2.62. The van der Waals surface area contributed by atoms with Crippen LogP contribution >= 0.6 is 0 Å². The van der Waals surface area contributed by atoms with Gasteiger partial charge in [0, 0.05) is 13.6 Å². The first-order valence-electron chi connectivity index (χ1n) is 5.91. The van der Waals surface area contributed by atoms with Gasteiger partial charge in [-0.05, 0) is 25.6 Å². The maximum Gasteiger partial charge on any atom is 0.215 e. The van der Waals surface area contributed by atoms with Gasteiger partial charge in [0.1, 0.15) is 0 Å². The molecule has 0 saturated heterocycles. The second-order valence-electron chi connectivity index (χ2n) is 4.00. The standard InChI is InChI=1S/C13H21N3O/c1-4-9-15(3)12-7-5-6-8-13(12)16(11-17)10-14-2/h5-8,11,14H,4,9-10H2,1-3H3. The first kappa shape index (κ1) is 13.5. The zero-order valence-corrected chi connectivity index (χ0v) is 10.8. The molecule has 0 heterocycles. The average molecular weight is 235 g/mol. The van der Waals surface area contributed by atoms with Gasteiger partial charge in [-0.15, -0.1) is 0 Å². The lowest BCUT2D eigenvalue weighted by atomic mass is 10.2. The lowest BCUT2D eigenvalue weighted by Gasteiger charge is -2.26. The highest BCUT2D eigenvalue weighted by atomic mass is 16.1. The first-order valence-corrected chi connectivity index (χ1v) is 5.91. The van der Waals surface area contributed by atoms with Crippen molar-refractivity contribution >= 4 is 17.8 Å². The van der Waals surface area contributed by atoms with Gasteiger partial charge in [-0.3, -0.25) is 9.69 Å². The number of nitrogens with zero attached hydrogens (tertiary/aromatic N) is 2. The summed E-state index contributed by atoms with van der Waals surface area (Å²) in [5, 5.41) is 2.99. The van der Waals surface area contributed by atoms with Gasteiger partial charge in [0.15, 0.2) is 0 Å². The van der Waals surface area contributed by atoms with Gasteiger partial charge >= 0.3 is 0 Å². The lowest BCUT2D eigenvalue weighted by molar-refractivity contribution is -0.107. The molecule has 0 aliphatic rings. The second-order valence-corrected chi connectivity index (χ2v) is 4.00. The van der Waals surface area contributed by atoms with Crippen molar-refractivity contribution in [2.75, 3.05) is 37.1 Å². The number of nitrogens with one attached hydrogen (secondary N) is 1. The van der Waals surface area contributed by atoms with Crippen LogP contribution in [0, 0.1) is 0 Å². The molecule has 0 saturated carbocycles. The van der Waals surface area contributed by atoms with Crippen molar-refractivity contribution in [1.82, 2.24) is 5.32 Å². The molecular formula is C13H21N3O. The molecule has 4 nitrogen and oxygen atoms in total. The second kappa shape index (κ2) is 6.91. The van der Waals surface area contributed by atoms with Crippen LogP contribution in [0.15, 0.2) is 24.3 Å². The number of anilines is 2. The molecule has 0 fully saturated rings. The number of benzene rings is 1. The van der Waals surface area contributed by atoms with E-state index in [2.05, 4.69) is 17.1 Å². The van der Waals surface area contributed by atoms with Crippen LogP contribution in [0.2, 0.25) is 0 Å². The summed E-state index contributed by atoms with van der Waals surface area (Å²) in [7, 11) is 3.87. The highest BCUT2D eigenvalue weighted by Gasteiger charge is 2.11. The Balaban J connectivity index is 3.00. The molecule has 0 radical (unpaired) electrons. The van der Waals surface area contributed by atoms with Crippen molar-refractivity contribution < 1.29 is 4.79 Å². The summed E-state index contributed by atoms with van der Waals surface area (Å²) >= 11 is 0. The summed E-state index contributed by atoms with van der Waals surface area (Å²) in [6.45, 7) is 3.63. The van der Waals surface area contributed by atoms with E-state index >= 15 is 0 Å². The molecule has 1 N–H and O–H groups in total. The van der Waals surface area contributed by atoms with Crippen LogP contribution in [0.4, 0.5) is 11.4 Å². The Morgan fingerprint density at radius 2 is 1.94 bits per heavy atom. The predicted octanol–water partition coefficient (Wildman–Crippen LogP) is 1.67. The summed E-state index contributed by atoms with van der Waals surface area (Å²) in [4.78, 5) is 14.9. The van der Waals surface area contributed by atoms with Crippen LogP contribution in [-0.2, 0) is 4.79 Å². The zero-order chi connectivity index (χ0) is 12.7. The van der Waals surface area contributed by atoms with E-state index in [9.17, 15) is 4.79 Å². The Bertz CT molecular complexity index is 354. The summed E-state index contributed by atoms with van der Waals surface area (Å²) in [6.07, 6.45) is 1.94. The number of hydrogen-bond acceptors (Lipinski definition) is 3. The van der Waals surface area contributed by atoms with Crippen LogP contribution in [0.3, 0.4) is 0 Å². The van der Waals surface area contributed by atoms with Crippen LogP contribution in [0.1, 0.15) is 13.3 Å². The Morgan fingerprint density at radius 3 is 2.47 bits per heavy atom. The van der Waals surface area contributed by atoms with E-state index in [1.54, 1.807) is 4.90 Å². The van der Waals surface area contributed by atoms with Gasteiger partial charge in [-0.1, -0.05) is 19.1 Å². The molecule has 1 aromatic rings. The molecule has 0 unspecified atom stereocenters. The van der Waals surface area contributed by atoms with Crippen molar-refractivity contribution in [3.63, 3.8) is 0 Å². The molecule has 0 spiro atoms. The number of amides is 1. The van der Waals surface area contributed by atoms with Crippen LogP contribution in [0.5, 0.6) is 0 Å². The molecule has 4 heteroatoms. The van der Waals surface area contributed by atoms with E-state index in [1.807, 2.05) is 38.4 Å². The van der Waals surface area contributed by atoms with E-state index in [4.69, 9.17) is 0 Å². The normalized spacial score (nSPS) is 10.1. The third kappa shape index (κ3) is 3.46. The smallest absolute Gasteiger partial charge is 0.215 e. The molecule has 0 atom stereocenters. The highest BCUT2D eigenvalue weighted by Crippen LogP contribution is 2.27. The molecule has 94 valence electrons. The quantitative estimate of drug-likeness (QED) is 0.577. The molecule has 0 aliphatic heterocycles. The van der Waals surface area contributed by atoms with Gasteiger partial charge in [-0.2, -0.15) is 0 Å². The number of para-hydroxylation sites is 2. The lowest BCUT2D eigenvalue weighted by Crippen LogP contribution is -2.32. The van der Waals surface area contributed by atoms with Gasteiger partial charge in [-0.25, -0.2) is 0 Å². The number of carbonyl (C=O) groups is 1. The predicted molar refractivity (Wildman–Crippen MR) is 72.5 cm³/mol. The molecule has 1 aromatic carbocycles. The third-order valence-corrected chi connectivity index (χ3v) is 2.62. The summed E-state index contributed by atoms with van der Waals surface area (Å²) in [5.41, 5.74) is 2.02. The van der Waals surface area contributed by atoms with Crippen LogP contribution in [0.25, 0.3) is 0 Å². The van der Waals surface area contributed by atoms with Crippen molar-refractivity contribution in [3.8, 4) is 0 Å². The Labute approximate surface area is 103 Å². The monoisotopic (exact) mass is 235 g/mol. The zero-order valence-electron chi connectivity index (χ0n) is 10.8. The van der Waals surface area contributed by atoms with Crippen molar-refractivity contribution in [2.24, 2.45) is 0 Å². The van der Waals surface area contributed by atoms with Crippen molar-refractivity contribution in [2.45, 2.75) is 13.3 Å². The van der Waals surface area contributed by atoms with E-state index in [1.165, 1.54) is 0 Å². The number of rotatable bonds is 7. The SMILES string of the molecule is CCCN(C)c1ccccc1N(C=O)CNC. The van der Waals surface area contributed by atoms with E-state index in [0.717, 1.165) is 30.8 Å². The Kier molecular flexibility index (Phi) is 5.49. The average Bonchev–Trinajstić information content (AvgIpc) is 2.36. The summed E-state index contributed by atoms with van der Waals surface area (Å²) in [6, 6.07) is 7.95. The largest absolute Gasteiger partial charge is 0.373 e. The van der Waals surface area contributed by atoms with Crippen molar-refractivity contribution in [3.05, 3.63) is 24.3 Å².